The molecule has 2 aromatic rings. The fourth-order valence-corrected chi connectivity index (χ4v) is 1.64. The summed E-state index contributed by atoms with van der Waals surface area (Å²) in [7, 11) is 0. The lowest BCUT2D eigenvalue weighted by Crippen LogP contribution is -2.00. The van der Waals surface area contributed by atoms with Crippen LogP contribution in [0.15, 0.2) is 53.8 Å². The van der Waals surface area contributed by atoms with Crippen LogP contribution in [0.5, 0.6) is 5.75 Å². The van der Waals surface area contributed by atoms with Gasteiger partial charge in [0.15, 0.2) is 0 Å². The lowest BCUT2D eigenvalue weighted by atomic mass is 10.2. The molecule has 104 valence electrons. The lowest BCUT2D eigenvalue weighted by Gasteiger charge is -2.08. The van der Waals surface area contributed by atoms with Crippen molar-refractivity contribution in [2.45, 2.75) is 19.8 Å². The standard InChI is InChI=1S/C16H19N3O/c1-2-3-12-20-15-9-5-4-8-14(15)13-18-19-16-10-6-7-11-17-16/h4-11,13H,2-3,12H2,1H3,(H,17,19). The molecule has 1 N–H and O–H groups in total. The molecule has 1 aromatic heterocycles. The second-order valence-corrected chi connectivity index (χ2v) is 4.32. The Labute approximate surface area is 119 Å². The van der Waals surface area contributed by atoms with Crippen LogP contribution in [0.4, 0.5) is 5.82 Å². The molecule has 2 rings (SSSR count). The Balaban J connectivity index is 1.97. The minimum atomic E-state index is 0.716. The van der Waals surface area contributed by atoms with Crippen LogP contribution < -0.4 is 10.2 Å². The first-order valence-electron chi connectivity index (χ1n) is 6.82. The molecule has 0 aliphatic rings. The summed E-state index contributed by atoms with van der Waals surface area (Å²) in [6.45, 7) is 2.88. The van der Waals surface area contributed by atoms with Crippen LogP contribution in [0.25, 0.3) is 0 Å². The van der Waals surface area contributed by atoms with Gasteiger partial charge in [-0.1, -0.05) is 31.5 Å². The van der Waals surface area contributed by atoms with E-state index in [9.17, 15) is 0 Å². The summed E-state index contributed by atoms with van der Waals surface area (Å²) in [4.78, 5) is 4.14. The molecule has 0 unspecified atom stereocenters. The lowest BCUT2D eigenvalue weighted by molar-refractivity contribution is 0.309. The minimum Gasteiger partial charge on any atom is -0.493 e. The van der Waals surface area contributed by atoms with Gasteiger partial charge in [-0.15, -0.1) is 0 Å². The molecule has 0 amide bonds. The molecule has 0 bridgehead atoms. The zero-order valence-electron chi connectivity index (χ0n) is 11.6. The van der Waals surface area contributed by atoms with Crippen molar-refractivity contribution in [1.29, 1.82) is 0 Å². The summed E-state index contributed by atoms with van der Waals surface area (Å²) in [6.07, 6.45) is 5.64. The molecular formula is C16H19N3O. The molecule has 20 heavy (non-hydrogen) atoms. The number of para-hydroxylation sites is 1. The molecule has 0 fully saturated rings. The zero-order chi connectivity index (χ0) is 14.0. The van der Waals surface area contributed by atoms with Crippen LogP contribution in [0.2, 0.25) is 0 Å². The van der Waals surface area contributed by atoms with E-state index in [1.165, 1.54) is 0 Å². The quantitative estimate of drug-likeness (QED) is 0.473. The molecule has 1 heterocycles. The van der Waals surface area contributed by atoms with Gasteiger partial charge in [0, 0.05) is 11.8 Å². The maximum absolute atomic E-state index is 5.75. The van der Waals surface area contributed by atoms with E-state index >= 15 is 0 Å². The van der Waals surface area contributed by atoms with Gasteiger partial charge in [-0.25, -0.2) is 4.98 Å². The topological polar surface area (TPSA) is 46.5 Å². The van der Waals surface area contributed by atoms with Crippen molar-refractivity contribution in [3.05, 3.63) is 54.2 Å². The summed E-state index contributed by atoms with van der Waals surface area (Å²) in [5.41, 5.74) is 3.84. The van der Waals surface area contributed by atoms with Crippen molar-refractivity contribution in [1.82, 2.24) is 4.98 Å². The van der Waals surface area contributed by atoms with Crippen LogP contribution in [0.3, 0.4) is 0 Å². The van der Waals surface area contributed by atoms with Crippen molar-refractivity contribution in [2.75, 3.05) is 12.0 Å². The van der Waals surface area contributed by atoms with Crippen LogP contribution in [0.1, 0.15) is 25.3 Å². The number of pyridine rings is 1. The normalized spacial score (nSPS) is 10.7. The molecule has 0 radical (unpaired) electrons. The first kappa shape index (κ1) is 14.1. The van der Waals surface area contributed by atoms with Crippen molar-refractivity contribution in [3.63, 3.8) is 0 Å². The Morgan fingerprint density at radius 2 is 2.05 bits per heavy atom. The molecule has 4 heteroatoms. The fraction of sp³-hybridized carbons (Fsp3) is 0.250. The molecule has 0 aliphatic heterocycles. The van der Waals surface area contributed by atoms with Gasteiger partial charge in [-0.05, 0) is 30.7 Å². The number of unbranched alkanes of at least 4 members (excludes halogenated alkanes) is 1. The van der Waals surface area contributed by atoms with Crippen LogP contribution in [-0.4, -0.2) is 17.8 Å². The molecule has 0 saturated heterocycles. The third kappa shape index (κ3) is 4.39. The fourth-order valence-electron chi connectivity index (χ4n) is 1.64. The Morgan fingerprint density at radius 3 is 2.85 bits per heavy atom. The third-order valence-corrected chi connectivity index (χ3v) is 2.72. The third-order valence-electron chi connectivity index (χ3n) is 2.72. The number of nitrogens with zero attached hydrogens (tertiary/aromatic N) is 2. The number of rotatable bonds is 7. The first-order chi connectivity index (χ1) is 9.90. The smallest absolute Gasteiger partial charge is 0.146 e. The number of benzene rings is 1. The van der Waals surface area contributed by atoms with Crippen molar-refractivity contribution < 1.29 is 4.74 Å². The van der Waals surface area contributed by atoms with E-state index in [0.717, 1.165) is 30.8 Å². The Morgan fingerprint density at radius 1 is 1.20 bits per heavy atom. The maximum atomic E-state index is 5.75. The Hall–Kier alpha value is -2.36. The monoisotopic (exact) mass is 269 g/mol. The summed E-state index contributed by atoms with van der Waals surface area (Å²) in [6, 6.07) is 13.5. The highest BCUT2D eigenvalue weighted by Crippen LogP contribution is 2.16. The van der Waals surface area contributed by atoms with Gasteiger partial charge in [0.1, 0.15) is 11.6 Å². The second kappa shape index (κ2) is 7.94. The summed E-state index contributed by atoms with van der Waals surface area (Å²) in [5, 5.41) is 4.18. The van der Waals surface area contributed by atoms with E-state index in [2.05, 4.69) is 22.4 Å². The number of hydrazone groups is 1. The number of ether oxygens (including phenoxy) is 1. The molecule has 4 nitrogen and oxygen atoms in total. The van der Waals surface area contributed by atoms with Crippen LogP contribution in [-0.2, 0) is 0 Å². The number of aromatic nitrogens is 1. The van der Waals surface area contributed by atoms with Crippen molar-refractivity contribution >= 4 is 12.0 Å². The molecule has 0 aliphatic carbocycles. The largest absolute Gasteiger partial charge is 0.493 e. The maximum Gasteiger partial charge on any atom is 0.146 e. The second-order valence-electron chi connectivity index (χ2n) is 4.32. The van der Waals surface area contributed by atoms with Gasteiger partial charge < -0.3 is 4.74 Å². The molecule has 1 aromatic carbocycles. The van der Waals surface area contributed by atoms with E-state index in [4.69, 9.17) is 4.74 Å². The molecular weight excluding hydrogens is 250 g/mol. The van der Waals surface area contributed by atoms with Crippen LogP contribution >= 0.6 is 0 Å². The molecule has 0 spiro atoms. The highest BCUT2D eigenvalue weighted by Gasteiger charge is 1.99. The van der Waals surface area contributed by atoms with Gasteiger partial charge in [0.2, 0.25) is 0 Å². The van der Waals surface area contributed by atoms with E-state index < -0.39 is 0 Å². The first-order valence-corrected chi connectivity index (χ1v) is 6.82. The average molecular weight is 269 g/mol. The Bertz CT molecular complexity index is 540. The van der Waals surface area contributed by atoms with E-state index in [0.29, 0.717) is 5.82 Å². The van der Waals surface area contributed by atoms with Gasteiger partial charge in [-0.2, -0.15) is 5.10 Å². The predicted molar refractivity (Wildman–Crippen MR) is 82.3 cm³/mol. The Kier molecular flexibility index (Phi) is 5.58. The number of anilines is 1. The average Bonchev–Trinajstić information content (AvgIpc) is 2.50. The van der Waals surface area contributed by atoms with E-state index in [-0.39, 0.29) is 0 Å². The van der Waals surface area contributed by atoms with Gasteiger partial charge in [0.25, 0.3) is 0 Å². The van der Waals surface area contributed by atoms with Crippen molar-refractivity contribution in [3.8, 4) is 5.75 Å². The number of hydrogen-bond donors (Lipinski definition) is 1. The van der Waals surface area contributed by atoms with Crippen LogP contribution in [0, 0.1) is 0 Å². The number of hydrogen-bond acceptors (Lipinski definition) is 4. The summed E-state index contributed by atoms with van der Waals surface area (Å²) in [5.74, 6) is 1.57. The van der Waals surface area contributed by atoms with Gasteiger partial charge >= 0.3 is 0 Å². The highest BCUT2D eigenvalue weighted by atomic mass is 16.5. The summed E-state index contributed by atoms with van der Waals surface area (Å²) < 4.78 is 5.75. The zero-order valence-corrected chi connectivity index (χ0v) is 11.6. The summed E-state index contributed by atoms with van der Waals surface area (Å²) >= 11 is 0. The van der Waals surface area contributed by atoms with E-state index in [1.807, 2.05) is 42.5 Å². The van der Waals surface area contributed by atoms with Crippen molar-refractivity contribution in [2.24, 2.45) is 5.10 Å². The highest BCUT2D eigenvalue weighted by molar-refractivity contribution is 5.83. The van der Waals surface area contributed by atoms with E-state index in [1.54, 1.807) is 12.4 Å². The van der Waals surface area contributed by atoms with Gasteiger partial charge in [0.05, 0.1) is 12.8 Å². The SMILES string of the molecule is CCCCOc1ccccc1C=NNc1ccccn1. The van der Waals surface area contributed by atoms with Gasteiger partial charge in [-0.3, -0.25) is 5.43 Å². The molecule has 0 atom stereocenters. The minimum absolute atomic E-state index is 0.716. The molecule has 0 saturated carbocycles. The number of nitrogens with one attached hydrogen (secondary N) is 1. The predicted octanol–water partition coefficient (Wildman–Crippen LogP) is 3.71.